The first-order valence-corrected chi connectivity index (χ1v) is 8.70. The minimum Gasteiger partial charge on any atom is -0.311 e. The van der Waals surface area contributed by atoms with Gasteiger partial charge in [0.05, 0.1) is 0 Å². The maximum Gasteiger partial charge on any atom is 0.0338 e. The Labute approximate surface area is 129 Å². The lowest BCUT2D eigenvalue weighted by atomic mass is 9.88. The van der Waals surface area contributed by atoms with Crippen molar-refractivity contribution in [1.29, 1.82) is 0 Å². The molecule has 1 heterocycles. The number of hydrogen-bond donors (Lipinski definition) is 1. The van der Waals surface area contributed by atoms with Gasteiger partial charge in [-0.05, 0) is 30.7 Å². The third-order valence-electron chi connectivity index (χ3n) is 5.34. The highest BCUT2D eigenvalue weighted by Crippen LogP contribution is 2.38. The topological polar surface area (TPSA) is 15.3 Å². The summed E-state index contributed by atoms with van der Waals surface area (Å²) in [6.07, 6.45) is 6.85. The van der Waals surface area contributed by atoms with Gasteiger partial charge in [0.2, 0.25) is 0 Å². The van der Waals surface area contributed by atoms with Gasteiger partial charge in [0.15, 0.2) is 0 Å². The van der Waals surface area contributed by atoms with Crippen LogP contribution in [0.25, 0.3) is 0 Å². The molecule has 0 aromatic heterocycles. The fraction of sp³-hybridized carbons (Fsp3) is 0.684. The Kier molecular flexibility index (Phi) is 4.66. The van der Waals surface area contributed by atoms with E-state index in [4.69, 9.17) is 0 Å². The molecule has 1 atom stereocenters. The van der Waals surface area contributed by atoms with Crippen LogP contribution in [0.5, 0.6) is 0 Å². The van der Waals surface area contributed by atoms with E-state index in [2.05, 4.69) is 54.4 Å². The summed E-state index contributed by atoms with van der Waals surface area (Å²) in [4.78, 5) is 2.80. The smallest absolute Gasteiger partial charge is 0.0338 e. The van der Waals surface area contributed by atoms with E-state index in [0.717, 1.165) is 12.5 Å². The van der Waals surface area contributed by atoms with Crippen LogP contribution in [0.1, 0.15) is 51.5 Å². The molecule has 1 aliphatic heterocycles. The summed E-state index contributed by atoms with van der Waals surface area (Å²) in [5.74, 6) is 0.777. The Morgan fingerprint density at radius 3 is 2.57 bits per heavy atom. The molecule has 1 aliphatic carbocycles. The molecular weight excluding hydrogens is 256 g/mol. The summed E-state index contributed by atoms with van der Waals surface area (Å²) in [5.41, 5.74) is 1.90. The van der Waals surface area contributed by atoms with E-state index in [0.29, 0.717) is 11.6 Å². The first-order chi connectivity index (χ1) is 10.2. The highest BCUT2D eigenvalue weighted by Gasteiger charge is 2.43. The molecule has 2 fully saturated rings. The summed E-state index contributed by atoms with van der Waals surface area (Å²) < 4.78 is 0. The van der Waals surface area contributed by atoms with Gasteiger partial charge in [-0.1, -0.05) is 57.0 Å². The van der Waals surface area contributed by atoms with E-state index in [1.54, 1.807) is 0 Å². The summed E-state index contributed by atoms with van der Waals surface area (Å²) >= 11 is 0. The van der Waals surface area contributed by atoms with Crippen molar-refractivity contribution in [2.45, 2.75) is 64.1 Å². The SMILES string of the molecule is CC(C)CC1CN(Cc2ccccc2)C2(CCCC2)CN1. The first-order valence-electron chi connectivity index (χ1n) is 8.70. The standard InChI is InChI=1S/C19H30N2/c1-16(2)12-18-14-21(13-17-8-4-3-5-9-17)19(15-20-18)10-6-7-11-19/h3-5,8-9,16,18,20H,6-7,10-15H2,1-2H3. The highest BCUT2D eigenvalue weighted by molar-refractivity contribution is 5.16. The van der Waals surface area contributed by atoms with Gasteiger partial charge in [0.1, 0.15) is 0 Å². The fourth-order valence-electron chi connectivity index (χ4n) is 4.26. The molecule has 1 N–H and O–H groups in total. The second-order valence-corrected chi connectivity index (χ2v) is 7.50. The monoisotopic (exact) mass is 286 g/mol. The van der Waals surface area contributed by atoms with Crippen molar-refractivity contribution in [1.82, 2.24) is 10.2 Å². The molecule has 2 heteroatoms. The van der Waals surface area contributed by atoms with E-state index < -0.39 is 0 Å². The molecule has 1 aromatic rings. The third-order valence-corrected chi connectivity index (χ3v) is 5.34. The molecule has 1 aromatic carbocycles. The van der Waals surface area contributed by atoms with Gasteiger partial charge in [-0.25, -0.2) is 0 Å². The summed E-state index contributed by atoms with van der Waals surface area (Å²) in [5, 5.41) is 3.86. The van der Waals surface area contributed by atoms with Gasteiger partial charge in [-0.3, -0.25) is 4.90 Å². The maximum absolute atomic E-state index is 3.86. The van der Waals surface area contributed by atoms with Crippen LogP contribution < -0.4 is 5.32 Å². The Morgan fingerprint density at radius 1 is 1.19 bits per heavy atom. The molecule has 0 radical (unpaired) electrons. The van der Waals surface area contributed by atoms with Crippen molar-refractivity contribution < 1.29 is 0 Å². The lowest BCUT2D eigenvalue weighted by Gasteiger charge is -2.49. The van der Waals surface area contributed by atoms with Gasteiger partial charge < -0.3 is 5.32 Å². The molecule has 116 valence electrons. The highest BCUT2D eigenvalue weighted by atomic mass is 15.3. The Morgan fingerprint density at radius 2 is 1.90 bits per heavy atom. The molecule has 1 spiro atoms. The third kappa shape index (κ3) is 3.49. The van der Waals surface area contributed by atoms with Crippen LogP contribution in [0.15, 0.2) is 30.3 Å². The van der Waals surface area contributed by atoms with Crippen LogP contribution in [-0.4, -0.2) is 29.6 Å². The Balaban J connectivity index is 1.73. The summed E-state index contributed by atoms with van der Waals surface area (Å²) in [7, 11) is 0. The number of benzene rings is 1. The van der Waals surface area contributed by atoms with Crippen LogP contribution >= 0.6 is 0 Å². The largest absolute Gasteiger partial charge is 0.311 e. The van der Waals surface area contributed by atoms with Gasteiger partial charge in [-0.2, -0.15) is 0 Å². The predicted octanol–water partition coefficient (Wildman–Crippen LogP) is 3.82. The predicted molar refractivity (Wildman–Crippen MR) is 89.3 cm³/mol. The molecule has 0 amide bonds. The molecule has 0 bridgehead atoms. The zero-order valence-corrected chi connectivity index (χ0v) is 13.6. The Hall–Kier alpha value is -0.860. The van der Waals surface area contributed by atoms with Crippen LogP contribution in [0.2, 0.25) is 0 Å². The van der Waals surface area contributed by atoms with Crippen molar-refractivity contribution in [3.05, 3.63) is 35.9 Å². The lowest BCUT2D eigenvalue weighted by molar-refractivity contribution is 0.0315. The van der Waals surface area contributed by atoms with Gasteiger partial charge in [0, 0.05) is 31.2 Å². The van der Waals surface area contributed by atoms with Crippen molar-refractivity contribution >= 4 is 0 Å². The summed E-state index contributed by atoms with van der Waals surface area (Å²) in [6, 6.07) is 11.7. The van der Waals surface area contributed by atoms with Crippen molar-refractivity contribution in [3.63, 3.8) is 0 Å². The minimum atomic E-state index is 0.434. The van der Waals surface area contributed by atoms with Crippen molar-refractivity contribution in [2.24, 2.45) is 5.92 Å². The number of nitrogens with one attached hydrogen (secondary N) is 1. The molecule has 1 saturated carbocycles. The second-order valence-electron chi connectivity index (χ2n) is 7.50. The van der Waals surface area contributed by atoms with E-state index >= 15 is 0 Å². The van der Waals surface area contributed by atoms with E-state index in [1.165, 1.54) is 50.8 Å². The first kappa shape index (κ1) is 15.1. The van der Waals surface area contributed by atoms with Crippen LogP contribution in [0.3, 0.4) is 0 Å². The minimum absolute atomic E-state index is 0.434. The van der Waals surface area contributed by atoms with Crippen molar-refractivity contribution in [2.75, 3.05) is 13.1 Å². The Bertz CT molecular complexity index is 434. The van der Waals surface area contributed by atoms with Gasteiger partial charge in [0.25, 0.3) is 0 Å². The molecule has 2 nitrogen and oxygen atoms in total. The average Bonchev–Trinajstić information content (AvgIpc) is 2.93. The molecule has 21 heavy (non-hydrogen) atoms. The van der Waals surface area contributed by atoms with Crippen LogP contribution in [0, 0.1) is 5.92 Å². The molecular formula is C19H30N2. The second kappa shape index (κ2) is 6.50. The van der Waals surface area contributed by atoms with Gasteiger partial charge in [-0.15, -0.1) is 0 Å². The fourth-order valence-corrected chi connectivity index (χ4v) is 4.26. The average molecular weight is 286 g/mol. The number of hydrogen-bond acceptors (Lipinski definition) is 2. The van der Waals surface area contributed by atoms with Crippen LogP contribution in [-0.2, 0) is 6.54 Å². The quantitative estimate of drug-likeness (QED) is 0.905. The van der Waals surface area contributed by atoms with E-state index in [9.17, 15) is 0 Å². The van der Waals surface area contributed by atoms with E-state index in [1.807, 2.05) is 0 Å². The number of nitrogens with zero attached hydrogens (tertiary/aromatic N) is 1. The van der Waals surface area contributed by atoms with Gasteiger partial charge >= 0.3 is 0 Å². The zero-order chi connectivity index (χ0) is 14.7. The van der Waals surface area contributed by atoms with E-state index in [-0.39, 0.29) is 0 Å². The molecule has 1 unspecified atom stereocenters. The number of rotatable bonds is 4. The maximum atomic E-state index is 3.86. The number of piperazine rings is 1. The molecule has 3 rings (SSSR count). The molecule has 2 aliphatic rings. The lowest BCUT2D eigenvalue weighted by Crippen LogP contribution is -2.63. The normalized spacial score (nSPS) is 25.8. The zero-order valence-electron chi connectivity index (χ0n) is 13.6. The van der Waals surface area contributed by atoms with Crippen molar-refractivity contribution in [3.8, 4) is 0 Å². The summed E-state index contributed by atoms with van der Waals surface area (Å²) in [6.45, 7) is 8.20. The molecule has 1 saturated heterocycles. The van der Waals surface area contributed by atoms with Crippen LogP contribution in [0.4, 0.5) is 0 Å².